The lowest BCUT2D eigenvalue weighted by Gasteiger charge is -2.23. The van der Waals surface area contributed by atoms with Crippen molar-refractivity contribution in [3.63, 3.8) is 0 Å². The van der Waals surface area contributed by atoms with E-state index < -0.39 is 29.2 Å². The molecule has 1 saturated carbocycles. The van der Waals surface area contributed by atoms with Crippen molar-refractivity contribution in [3.8, 4) is 6.07 Å². The van der Waals surface area contributed by atoms with Gasteiger partial charge in [-0.3, -0.25) is 9.59 Å². The minimum Gasteiger partial charge on any atom is -0.352 e. The van der Waals surface area contributed by atoms with E-state index in [1.807, 2.05) is 0 Å². The molecule has 22 heavy (non-hydrogen) atoms. The van der Waals surface area contributed by atoms with E-state index in [9.17, 15) is 18.4 Å². The predicted octanol–water partition coefficient (Wildman–Crippen LogP) is 2.74. The maximum Gasteiger partial charge on any atom is 0.245 e. The molecule has 0 heterocycles. The van der Waals surface area contributed by atoms with E-state index in [-0.39, 0.29) is 11.6 Å². The van der Waals surface area contributed by atoms with Crippen LogP contribution in [0, 0.1) is 28.9 Å². The molecule has 1 N–H and O–H groups in total. The second-order valence-corrected chi connectivity index (χ2v) is 5.43. The van der Waals surface area contributed by atoms with Crippen molar-refractivity contribution in [2.75, 3.05) is 0 Å². The van der Waals surface area contributed by atoms with Crippen LogP contribution in [0.5, 0.6) is 0 Å². The Hall–Kier alpha value is -2.29. The topological polar surface area (TPSA) is 70.0 Å². The zero-order valence-electron chi connectivity index (χ0n) is 11.9. The third-order valence-electron chi connectivity index (χ3n) is 3.75. The molecule has 6 heteroatoms. The molecule has 0 saturated heterocycles. The Morgan fingerprint density at radius 3 is 2.27 bits per heavy atom. The number of amides is 1. The third kappa shape index (κ3) is 3.88. The van der Waals surface area contributed by atoms with Gasteiger partial charge in [0.05, 0.1) is 6.07 Å². The average molecular weight is 306 g/mol. The first-order valence-corrected chi connectivity index (χ1v) is 7.21. The summed E-state index contributed by atoms with van der Waals surface area (Å²) in [6.07, 6.45) is 4.71. The van der Waals surface area contributed by atoms with Gasteiger partial charge in [0.2, 0.25) is 5.91 Å². The Balaban J connectivity index is 2.11. The second-order valence-electron chi connectivity index (χ2n) is 5.43. The highest BCUT2D eigenvalue weighted by Gasteiger charge is 2.30. The summed E-state index contributed by atoms with van der Waals surface area (Å²) >= 11 is 0. The molecular weight excluding hydrogens is 290 g/mol. The number of carbonyl (C=O) groups excluding carboxylic acids is 2. The minimum absolute atomic E-state index is 0.0471. The van der Waals surface area contributed by atoms with E-state index in [0.29, 0.717) is 6.07 Å². The van der Waals surface area contributed by atoms with Gasteiger partial charge in [-0.1, -0.05) is 19.3 Å². The largest absolute Gasteiger partial charge is 0.352 e. The summed E-state index contributed by atoms with van der Waals surface area (Å²) in [5.41, 5.74) is -0.317. The maximum absolute atomic E-state index is 13.2. The molecule has 1 aliphatic rings. The summed E-state index contributed by atoms with van der Waals surface area (Å²) in [6, 6.07) is 3.85. The van der Waals surface area contributed by atoms with E-state index in [0.717, 1.165) is 44.2 Å². The van der Waals surface area contributed by atoms with Gasteiger partial charge in [0.15, 0.2) is 11.7 Å². The van der Waals surface area contributed by atoms with Gasteiger partial charge in [-0.2, -0.15) is 5.26 Å². The number of halogens is 2. The molecular formula is C16H16F2N2O2. The van der Waals surface area contributed by atoms with E-state index in [1.54, 1.807) is 6.07 Å². The van der Waals surface area contributed by atoms with Gasteiger partial charge in [0, 0.05) is 17.7 Å². The quantitative estimate of drug-likeness (QED) is 0.687. The number of Topliss-reactive ketones (excluding diaryl/α,β-unsaturated/α-hetero) is 1. The average Bonchev–Trinajstić information content (AvgIpc) is 2.47. The number of carbonyl (C=O) groups is 2. The first-order chi connectivity index (χ1) is 10.5. The Labute approximate surface area is 127 Å². The summed E-state index contributed by atoms with van der Waals surface area (Å²) < 4.78 is 26.3. The number of hydrogen-bond donors (Lipinski definition) is 1. The van der Waals surface area contributed by atoms with E-state index in [2.05, 4.69) is 5.32 Å². The van der Waals surface area contributed by atoms with Crippen LogP contribution in [-0.4, -0.2) is 17.7 Å². The molecule has 1 amide bonds. The van der Waals surface area contributed by atoms with E-state index >= 15 is 0 Å². The van der Waals surface area contributed by atoms with Crippen molar-refractivity contribution in [2.45, 2.75) is 38.1 Å². The first-order valence-electron chi connectivity index (χ1n) is 7.21. The fourth-order valence-electron chi connectivity index (χ4n) is 2.63. The van der Waals surface area contributed by atoms with Crippen molar-refractivity contribution < 1.29 is 18.4 Å². The monoisotopic (exact) mass is 306 g/mol. The Morgan fingerprint density at radius 1 is 1.14 bits per heavy atom. The van der Waals surface area contributed by atoms with Gasteiger partial charge in [0.1, 0.15) is 11.6 Å². The standard InChI is InChI=1S/C16H16F2N2O2/c17-11-6-10(7-12(18)8-11)15(21)14(9-19)16(22)20-13-4-2-1-3-5-13/h6-8,13-14H,1-5H2,(H,20,22). The van der Waals surface area contributed by atoms with Crippen LogP contribution in [0.3, 0.4) is 0 Å². The van der Waals surface area contributed by atoms with Gasteiger partial charge >= 0.3 is 0 Å². The summed E-state index contributed by atoms with van der Waals surface area (Å²) in [5.74, 6) is -5.04. The van der Waals surface area contributed by atoms with Crippen molar-refractivity contribution >= 4 is 11.7 Å². The highest BCUT2D eigenvalue weighted by molar-refractivity contribution is 6.12. The number of nitrogens with zero attached hydrogens (tertiary/aromatic N) is 1. The zero-order valence-corrected chi connectivity index (χ0v) is 11.9. The number of nitriles is 1. The fraction of sp³-hybridized carbons (Fsp3) is 0.438. The zero-order chi connectivity index (χ0) is 16.1. The number of hydrogen-bond acceptors (Lipinski definition) is 3. The molecule has 1 aliphatic carbocycles. The van der Waals surface area contributed by atoms with Crippen LogP contribution in [-0.2, 0) is 4.79 Å². The predicted molar refractivity (Wildman–Crippen MR) is 74.8 cm³/mol. The SMILES string of the molecule is N#CC(C(=O)NC1CCCCC1)C(=O)c1cc(F)cc(F)c1. The highest BCUT2D eigenvalue weighted by Crippen LogP contribution is 2.19. The van der Waals surface area contributed by atoms with Crippen LogP contribution >= 0.6 is 0 Å². The molecule has 116 valence electrons. The lowest BCUT2D eigenvalue weighted by Crippen LogP contribution is -2.42. The molecule has 0 radical (unpaired) electrons. The minimum atomic E-state index is -1.59. The van der Waals surface area contributed by atoms with E-state index in [4.69, 9.17) is 5.26 Å². The molecule has 1 unspecified atom stereocenters. The molecule has 1 atom stereocenters. The van der Waals surface area contributed by atoms with Gasteiger partial charge in [0.25, 0.3) is 0 Å². The normalized spacial score (nSPS) is 16.6. The molecule has 2 rings (SSSR count). The van der Waals surface area contributed by atoms with Gasteiger partial charge in [-0.05, 0) is 25.0 Å². The lowest BCUT2D eigenvalue weighted by molar-refractivity contribution is -0.123. The smallest absolute Gasteiger partial charge is 0.245 e. The number of rotatable bonds is 4. The first kappa shape index (κ1) is 16.1. The van der Waals surface area contributed by atoms with Crippen LogP contribution in [0.1, 0.15) is 42.5 Å². The van der Waals surface area contributed by atoms with Crippen LogP contribution < -0.4 is 5.32 Å². The molecule has 4 nitrogen and oxygen atoms in total. The van der Waals surface area contributed by atoms with Crippen molar-refractivity contribution in [1.29, 1.82) is 5.26 Å². The van der Waals surface area contributed by atoms with Gasteiger partial charge in [-0.15, -0.1) is 0 Å². The van der Waals surface area contributed by atoms with E-state index in [1.165, 1.54) is 0 Å². The summed E-state index contributed by atoms with van der Waals surface area (Å²) in [7, 11) is 0. The molecule has 1 aromatic carbocycles. The van der Waals surface area contributed by atoms with Crippen LogP contribution in [0.25, 0.3) is 0 Å². The highest BCUT2D eigenvalue weighted by atomic mass is 19.1. The Bertz CT molecular complexity index is 599. The molecule has 0 bridgehead atoms. The van der Waals surface area contributed by atoms with Crippen molar-refractivity contribution in [2.24, 2.45) is 5.92 Å². The van der Waals surface area contributed by atoms with Crippen molar-refractivity contribution in [1.82, 2.24) is 5.32 Å². The van der Waals surface area contributed by atoms with Crippen LogP contribution in [0.4, 0.5) is 8.78 Å². The number of nitrogens with one attached hydrogen (secondary N) is 1. The molecule has 1 aromatic rings. The Morgan fingerprint density at radius 2 is 1.73 bits per heavy atom. The molecule has 1 fully saturated rings. The number of benzene rings is 1. The summed E-state index contributed by atoms with van der Waals surface area (Å²) in [6.45, 7) is 0. The molecule has 0 aromatic heterocycles. The Kier molecular flexibility index (Phi) is 5.21. The number of ketones is 1. The van der Waals surface area contributed by atoms with Gasteiger partial charge < -0.3 is 5.32 Å². The molecule has 0 spiro atoms. The third-order valence-corrected chi connectivity index (χ3v) is 3.75. The van der Waals surface area contributed by atoms with Gasteiger partial charge in [-0.25, -0.2) is 8.78 Å². The maximum atomic E-state index is 13.2. The summed E-state index contributed by atoms with van der Waals surface area (Å²) in [5, 5.41) is 11.8. The molecule has 0 aliphatic heterocycles. The summed E-state index contributed by atoms with van der Waals surface area (Å²) in [4.78, 5) is 24.2. The van der Waals surface area contributed by atoms with Crippen LogP contribution in [0.15, 0.2) is 18.2 Å². The lowest BCUT2D eigenvalue weighted by atomic mass is 9.93. The fourth-order valence-corrected chi connectivity index (χ4v) is 2.63. The second kappa shape index (κ2) is 7.12. The van der Waals surface area contributed by atoms with Crippen LogP contribution in [0.2, 0.25) is 0 Å². The van der Waals surface area contributed by atoms with Crippen molar-refractivity contribution in [3.05, 3.63) is 35.4 Å².